The molecule has 188 valence electrons. The molecule has 0 N–H and O–H groups in total. The fourth-order valence-electron chi connectivity index (χ4n) is 5.65. The molecule has 3 aromatic carbocycles. The minimum atomic E-state index is -3.98. The van der Waals surface area contributed by atoms with E-state index in [4.69, 9.17) is 10.2 Å². The monoisotopic (exact) mass is 596 g/mol. The summed E-state index contributed by atoms with van der Waals surface area (Å²) in [5, 5.41) is 10.3. The van der Waals surface area contributed by atoms with Crippen molar-refractivity contribution in [3.8, 4) is 0 Å². The van der Waals surface area contributed by atoms with Crippen LogP contribution in [0.2, 0.25) is 0 Å². The van der Waals surface area contributed by atoms with Crippen molar-refractivity contribution in [3.05, 3.63) is 124 Å². The van der Waals surface area contributed by atoms with E-state index >= 15 is 0 Å². The minimum absolute atomic E-state index is 0.0650. The van der Waals surface area contributed by atoms with Crippen molar-refractivity contribution in [1.82, 2.24) is 19.6 Å². The molecule has 0 amide bonds. The zero-order valence-corrected chi connectivity index (χ0v) is 25.8. The normalized spacial score (nSPS) is 11.9. The van der Waals surface area contributed by atoms with E-state index in [1.165, 1.54) is 27.4 Å². The van der Waals surface area contributed by atoms with Gasteiger partial charge in [0.05, 0.1) is 0 Å². The van der Waals surface area contributed by atoms with Crippen LogP contribution in [-0.4, -0.2) is 37.9 Å². The Hall–Kier alpha value is -3.12. The summed E-state index contributed by atoms with van der Waals surface area (Å²) < 4.78 is 8.72. The molecule has 0 saturated carbocycles. The van der Waals surface area contributed by atoms with E-state index in [-0.39, 0.29) is 4.18 Å². The third-order valence-electron chi connectivity index (χ3n) is 7.46. The average Bonchev–Trinajstić information content (AvgIpc) is 3.38. The Labute approximate surface area is 224 Å². The molecule has 4 nitrogen and oxygen atoms in total. The molecule has 0 atom stereocenters. The molecule has 0 aliphatic heterocycles. The first-order valence-corrected chi connectivity index (χ1v) is 18.9. The van der Waals surface area contributed by atoms with Gasteiger partial charge in [0.1, 0.15) is 0 Å². The van der Waals surface area contributed by atoms with E-state index in [9.17, 15) is 0 Å². The molecule has 5 rings (SSSR count). The van der Waals surface area contributed by atoms with Crippen LogP contribution in [0.25, 0.3) is 0 Å². The fraction of sp³-hybridized carbons (Fsp3) is 0.250. The van der Waals surface area contributed by atoms with Gasteiger partial charge < -0.3 is 0 Å². The van der Waals surface area contributed by atoms with Crippen LogP contribution < -0.4 is 10.7 Å². The second kappa shape index (κ2) is 9.97. The molecular weight excluding hydrogens is 559 g/mol. The van der Waals surface area contributed by atoms with Crippen LogP contribution in [0.3, 0.4) is 0 Å². The van der Waals surface area contributed by atoms with Gasteiger partial charge in [0.25, 0.3) is 0 Å². The number of benzene rings is 3. The van der Waals surface area contributed by atoms with E-state index in [0.29, 0.717) is 0 Å². The zero-order valence-electron chi connectivity index (χ0n) is 22.9. The molecule has 0 aliphatic carbocycles. The van der Waals surface area contributed by atoms with Crippen LogP contribution in [0, 0.1) is 48.5 Å². The van der Waals surface area contributed by atoms with Crippen molar-refractivity contribution in [2.24, 2.45) is 0 Å². The van der Waals surface area contributed by atoms with Gasteiger partial charge >= 0.3 is 226 Å². The Balaban J connectivity index is 1.99. The van der Waals surface area contributed by atoms with Gasteiger partial charge in [-0.25, -0.2) is 0 Å². The van der Waals surface area contributed by atoms with Crippen molar-refractivity contribution < 1.29 is 0 Å². The van der Waals surface area contributed by atoms with Crippen molar-refractivity contribution in [3.63, 3.8) is 0 Å². The van der Waals surface area contributed by atoms with Crippen LogP contribution in [0.1, 0.15) is 43.6 Å². The molecule has 0 radical (unpaired) electrons. The fourth-order valence-corrected chi connectivity index (χ4v) is 20.6. The first-order valence-electron chi connectivity index (χ1n) is 13.0. The van der Waals surface area contributed by atoms with Gasteiger partial charge in [-0.2, -0.15) is 0 Å². The zero-order chi connectivity index (χ0) is 26.3. The van der Waals surface area contributed by atoms with E-state index in [0.717, 1.165) is 22.8 Å². The van der Waals surface area contributed by atoms with Gasteiger partial charge in [0, 0.05) is 0 Å². The Morgan fingerprint density at radius 1 is 0.486 bits per heavy atom. The molecule has 5 heteroatoms. The second-order valence-corrected chi connectivity index (χ2v) is 21.6. The summed E-state index contributed by atoms with van der Waals surface area (Å²) in [5.41, 5.74) is 8.17. The molecule has 0 saturated heterocycles. The molecule has 2 aromatic heterocycles. The van der Waals surface area contributed by atoms with Gasteiger partial charge in [0.2, 0.25) is 0 Å². The van der Waals surface area contributed by atoms with Crippen molar-refractivity contribution >= 4 is 29.1 Å². The number of rotatable bonds is 6. The summed E-state index contributed by atoms with van der Waals surface area (Å²) in [7, 11) is 0. The van der Waals surface area contributed by atoms with Crippen LogP contribution in [0.15, 0.2) is 84.9 Å². The van der Waals surface area contributed by atoms with Gasteiger partial charge in [-0.3, -0.25) is 0 Å². The summed E-state index contributed by atoms with van der Waals surface area (Å²) in [6.07, 6.45) is 0. The topological polar surface area (TPSA) is 35.6 Å². The number of aryl methyl sites for hydroxylation is 7. The quantitative estimate of drug-likeness (QED) is 0.260. The summed E-state index contributed by atoms with van der Waals surface area (Å²) in [5.74, 6) is 0. The molecule has 37 heavy (non-hydrogen) atoms. The Kier molecular flexibility index (Phi) is 6.88. The van der Waals surface area contributed by atoms with Crippen molar-refractivity contribution in [2.45, 2.75) is 52.6 Å². The molecule has 0 spiro atoms. The number of hydrogen-bond acceptors (Lipinski definition) is 2. The number of nitrogens with zero attached hydrogens (tertiary/aromatic N) is 4. The molecule has 0 bridgehead atoms. The molecule has 5 aromatic rings. The summed E-state index contributed by atoms with van der Waals surface area (Å²) in [4.78, 5) is 0. The number of aromatic nitrogens is 4. The summed E-state index contributed by atoms with van der Waals surface area (Å²) >= 11 is -3.98. The summed E-state index contributed by atoms with van der Waals surface area (Å²) in [6.45, 7) is 15.0. The standard InChI is InChI=1S/C11H15N4.3C7H7.Sn/c1-8-5-10(3)14(12-8)7-15-11(4)6-9(2)13-15;3*1-7-5-3-2-4-6-7;/h5-7H,1-4H3;3*3-6H,1H3;. The SMILES string of the molecule is Cc1cc[c]([Sn]([c]2ccc(C)cc2)([c]2ccc(C)cc2)[CH](n2nc(C)cc2C)n2nc(C)cc2C)cc1. The van der Waals surface area contributed by atoms with Gasteiger partial charge in [0.15, 0.2) is 0 Å². The molecule has 0 unspecified atom stereocenters. The Morgan fingerprint density at radius 3 is 1.03 bits per heavy atom. The van der Waals surface area contributed by atoms with E-state index < -0.39 is 18.4 Å². The first kappa shape index (κ1) is 25.5. The van der Waals surface area contributed by atoms with Gasteiger partial charge in [-0.15, -0.1) is 0 Å². The van der Waals surface area contributed by atoms with Crippen molar-refractivity contribution in [1.29, 1.82) is 0 Å². The van der Waals surface area contributed by atoms with Crippen molar-refractivity contribution in [2.75, 3.05) is 0 Å². The van der Waals surface area contributed by atoms with Crippen LogP contribution >= 0.6 is 0 Å². The first-order chi connectivity index (χ1) is 17.7. The van der Waals surface area contributed by atoms with Crippen LogP contribution in [0.5, 0.6) is 0 Å². The molecule has 0 fully saturated rings. The predicted octanol–water partition coefficient (Wildman–Crippen LogP) is 5.00. The summed E-state index contributed by atoms with van der Waals surface area (Å²) in [6, 6.07) is 32.2. The van der Waals surface area contributed by atoms with E-state index in [1.54, 1.807) is 0 Å². The maximum atomic E-state index is 5.14. The number of hydrogen-bond donors (Lipinski definition) is 0. The maximum absolute atomic E-state index is 5.14. The Morgan fingerprint density at radius 2 is 0.784 bits per heavy atom. The third kappa shape index (κ3) is 4.56. The van der Waals surface area contributed by atoms with Gasteiger partial charge in [-0.05, 0) is 0 Å². The second-order valence-electron chi connectivity index (χ2n) is 10.5. The Bertz CT molecular complexity index is 1370. The average molecular weight is 595 g/mol. The van der Waals surface area contributed by atoms with Gasteiger partial charge in [-0.1, -0.05) is 0 Å². The van der Waals surface area contributed by atoms with E-state index in [2.05, 4.69) is 143 Å². The predicted molar refractivity (Wildman–Crippen MR) is 156 cm³/mol. The molecular formula is C32H36N4Sn. The molecule has 2 heterocycles. The third-order valence-corrected chi connectivity index (χ3v) is 21.7. The molecule has 0 aliphatic rings. The van der Waals surface area contributed by atoms with Crippen LogP contribution in [-0.2, 0) is 0 Å². The van der Waals surface area contributed by atoms with Crippen LogP contribution in [0.4, 0.5) is 0 Å². The van der Waals surface area contributed by atoms with E-state index in [1.807, 2.05) is 0 Å².